The molecule has 4 nitrogen and oxygen atoms in total. The molecule has 1 unspecified atom stereocenters. The zero-order chi connectivity index (χ0) is 18.6. The predicted octanol–water partition coefficient (Wildman–Crippen LogP) is 4.22. The largest absolute Gasteiger partial charge is 0.497 e. The van der Waals surface area contributed by atoms with Crippen molar-refractivity contribution in [2.75, 3.05) is 27.1 Å². The molecule has 2 N–H and O–H groups in total. The number of nitrogen functional groups attached to an aromatic ring is 1. The van der Waals surface area contributed by atoms with Crippen LogP contribution in [-0.4, -0.2) is 21.3 Å². The Bertz CT molecular complexity index is 862. The monoisotopic (exact) mass is 349 g/mol. The van der Waals surface area contributed by atoms with Gasteiger partial charge in [-0.15, -0.1) is 0 Å². The first-order chi connectivity index (χ1) is 12.7. The average molecular weight is 349 g/mol. The summed E-state index contributed by atoms with van der Waals surface area (Å²) in [5.74, 6) is 1.49. The number of hydrogen-bond donors (Lipinski definition) is 1. The van der Waals surface area contributed by atoms with Crippen molar-refractivity contribution < 1.29 is 14.2 Å². The first-order valence-corrected chi connectivity index (χ1v) is 8.35. The Labute approximate surface area is 154 Å². The van der Waals surface area contributed by atoms with Crippen LogP contribution in [0.2, 0.25) is 0 Å². The maximum atomic E-state index is 6.40. The summed E-state index contributed by atoms with van der Waals surface area (Å²) in [4.78, 5) is 0. The van der Waals surface area contributed by atoms with E-state index in [0.29, 0.717) is 11.4 Å². The minimum absolute atomic E-state index is 0.603. The van der Waals surface area contributed by atoms with Gasteiger partial charge in [0.05, 0.1) is 14.2 Å². The van der Waals surface area contributed by atoms with Crippen molar-refractivity contribution in [1.29, 1.82) is 0 Å². The van der Waals surface area contributed by atoms with Gasteiger partial charge in [-0.3, -0.25) is 0 Å². The van der Waals surface area contributed by atoms with E-state index in [2.05, 4.69) is 0 Å². The molecular formula is C22H23NO3. The van der Waals surface area contributed by atoms with Gasteiger partial charge in [0.25, 0.3) is 0 Å². The maximum absolute atomic E-state index is 6.40. The van der Waals surface area contributed by atoms with E-state index in [9.17, 15) is 0 Å². The molecule has 0 aromatic heterocycles. The van der Waals surface area contributed by atoms with E-state index < -0.39 is 5.60 Å². The van der Waals surface area contributed by atoms with Gasteiger partial charge in [-0.2, -0.15) is 0 Å². The van der Waals surface area contributed by atoms with E-state index in [1.807, 2.05) is 72.8 Å². The number of benzene rings is 3. The van der Waals surface area contributed by atoms with Crippen LogP contribution in [0.25, 0.3) is 0 Å². The minimum Gasteiger partial charge on any atom is -0.497 e. The van der Waals surface area contributed by atoms with E-state index in [1.165, 1.54) is 0 Å². The van der Waals surface area contributed by atoms with Gasteiger partial charge in [0, 0.05) is 24.4 Å². The summed E-state index contributed by atoms with van der Waals surface area (Å²) in [6.07, 6.45) is 0. The first-order valence-electron chi connectivity index (χ1n) is 8.35. The normalized spacial score (nSPS) is 13.0. The maximum Gasteiger partial charge on any atom is 0.145 e. The van der Waals surface area contributed by atoms with Gasteiger partial charge in [-0.05, 0) is 35.4 Å². The lowest BCUT2D eigenvalue weighted by Crippen LogP contribution is -2.32. The molecule has 26 heavy (non-hydrogen) atoms. The third-order valence-corrected chi connectivity index (χ3v) is 4.62. The second-order valence-electron chi connectivity index (χ2n) is 5.93. The van der Waals surface area contributed by atoms with Crippen LogP contribution in [0.5, 0.6) is 11.5 Å². The lowest BCUT2D eigenvalue weighted by atomic mass is 9.79. The van der Waals surface area contributed by atoms with Gasteiger partial charge in [0.2, 0.25) is 0 Å². The van der Waals surface area contributed by atoms with E-state index in [0.717, 1.165) is 22.4 Å². The minimum atomic E-state index is -0.843. The van der Waals surface area contributed by atoms with Crippen LogP contribution in [0.15, 0.2) is 72.8 Å². The van der Waals surface area contributed by atoms with Gasteiger partial charge >= 0.3 is 0 Å². The highest BCUT2D eigenvalue weighted by Gasteiger charge is 2.38. The van der Waals surface area contributed by atoms with Gasteiger partial charge in [-0.25, -0.2) is 0 Å². The van der Waals surface area contributed by atoms with Crippen molar-refractivity contribution in [3.8, 4) is 11.5 Å². The lowest BCUT2D eigenvalue weighted by Gasteiger charge is -2.35. The van der Waals surface area contributed by atoms with E-state index in [4.69, 9.17) is 19.9 Å². The van der Waals surface area contributed by atoms with Crippen molar-refractivity contribution in [2.45, 2.75) is 5.60 Å². The molecule has 0 aliphatic heterocycles. The van der Waals surface area contributed by atoms with Crippen LogP contribution >= 0.6 is 0 Å². The van der Waals surface area contributed by atoms with Crippen molar-refractivity contribution in [2.24, 2.45) is 0 Å². The Hall–Kier alpha value is -2.98. The fraction of sp³-hybridized carbons (Fsp3) is 0.182. The van der Waals surface area contributed by atoms with Crippen LogP contribution in [-0.2, 0) is 10.3 Å². The second-order valence-corrected chi connectivity index (χ2v) is 5.93. The summed E-state index contributed by atoms with van der Waals surface area (Å²) < 4.78 is 16.8. The number of anilines is 1. The highest BCUT2D eigenvalue weighted by molar-refractivity contribution is 5.61. The van der Waals surface area contributed by atoms with Gasteiger partial charge in [0.15, 0.2) is 0 Å². The summed E-state index contributed by atoms with van der Waals surface area (Å²) in [7, 11) is 4.97. The number of hydrogen-bond acceptors (Lipinski definition) is 4. The topological polar surface area (TPSA) is 53.7 Å². The van der Waals surface area contributed by atoms with Gasteiger partial charge in [-0.1, -0.05) is 42.5 Å². The van der Waals surface area contributed by atoms with E-state index in [-0.39, 0.29) is 0 Å². The molecule has 0 heterocycles. The summed E-state index contributed by atoms with van der Waals surface area (Å²) in [5, 5.41) is 0. The number of methoxy groups -OCH3 is 3. The Morgan fingerprint density at radius 1 is 0.692 bits per heavy atom. The number of ether oxygens (including phenoxy) is 3. The molecule has 0 bridgehead atoms. The molecule has 0 radical (unpaired) electrons. The molecule has 0 aliphatic carbocycles. The van der Waals surface area contributed by atoms with Crippen molar-refractivity contribution >= 4 is 5.69 Å². The fourth-order valence-electron chi connectivity index (χ4n) is 3.31. The standard InChI is InChI=1S/C22H23NO3/c1-24-18-11-9-17(10-12-18)22(26-3,16-7-5-4-6-8-16)20-14-13-19(25-2)15-21(20)23/h4-15H,23H2,1-3H3. The third-order valence-electron chi connectivity index (χ3n) is 4.62. The molecule has 0 aliphatic rings. The van der Waals surface area contributed by atoms with Crippen LogP contribution < -0.4 is 15.2 Å². The zero-order valence-electron chi connectivity index (χ0n) is 15.2. The SMILES string of the molecule is COc1ccc(C(OC)(c2ccccc2)c2ccc(OC)cc2N)cc1. The van der Waals surface area contributed by atoms with Crippen LogP contribution in [0, 0.1) is 0 Å². The molecular weight excluding hydrogens is 326 g/mol. The summed E-state index contributed by atoms with van der Waals surface area (Å²) in [6, 6.07) is 23.6. The van der Waals surface area contributed by atoms with E-state index >= 15 is 0 Å². The Morgan fingerprint density at radius 2 is 1.27 bits per heavy atom. The molecule has 0 fully saturated rings. The van der Waals surface area contributed by atoms with E-state index in [1.54, 1.807) is 21.3 Å². The fourth-order valence-corrected chi connectivity index (χ4v) is 3.31. The highest BCUT2D eigenvalue weighted by Crippen LogP contribution is 2.43. The molecule has 4 heteroatoms. The average Bonchev–Trinajstić information content (AvgIpc) is 2.71. The summed E-state index contributed by atoms with van der Waals surface area (Å²) in [6.45, 7) is 0. The smallest absolute Gasteiger partial charge is 0.145 e. The molecule has 1 atom stereocenters. The highest BCUT2D eigenvalue weighted by atomic mass is 16.5. The molecule has 134 valence electrons. The van der Waals surface area contributed by atoms with Crippen molar-refractivity contribution in [3.63, 3.8) is 0 Å². The number of nitrogens with two attached hydrogens (primary N) is 1. The molecule has 3 rings (SSSR count). The summed E-state index contributed by atoms with van der Waals surface area (Å²) in [5.41, 5.74) is 8.97. The summed E-state index contributed by atoms with van der Waals surface area (Å²) >= 11 is 0. The zero-order valence-corrected chi connectivity index (χ0v) is 15.2. The first kappa shape index (κ1) is 17.8. The molecule has 0 amide bonds. The van der Waals surface area contributed by atoms with Crippen LogP contribution in [0.1, 0.15) is 16.7 Å². The third kappa shape index (κ3) is 3.00. The van der Waals surface area contributed by atoms with Crippen molar-refractivity contribution in [1.82, 2.24) is 0 Å². The van der Waals surface area contributed by atoms with Crippen LogP contribution in [0.4, 0.5) is 5.69 Å². The van der Waals surface area contributed by atoms with Gasteiger partial charge in [0.1, 0.15) is 17.1 Å². The molecule has 3 aromatic rings. The Morgan fingerprint density at radius 3 is 1.81 bits per heavy atom. The molecule has 3 aromatic carbocycles. The molecule has 0 saturated heterocycles. The molecule has 0 saturated carbocycles. The predicted molar refractivity (Wildman–Crippen MR) is 104 cm³/mol. The quantitative estimate of drug-likeness (QED) is 0.535. The van der Waals surface area contributed by atoms with Crippen molar-refractivity contribution in [3.05, 3.63) is 89.5 Å². The Balaban J connectivity index is 2.28. The van der Waals surface area contributed by atoms with Gasteiger partial charge < -0.3 is 19.9 Å². The Kier molecular flexibility index (Phi) is 5.14. The van der Waals surface area contributed by atoms with Crippen LogP contribution in [0.3, 0.4) is 0 Å². The lowest BCUT2D eigenvalue weighted by molar-refractivity contribution is 0.0590. The second kappa shape index (κ2) is 7.50. The molecule has 0 spiro atoms. The number of rotatable bonds is 6.